The topological polar surface area (TPSA) is 84.9 Å². The number of carbonyl (C=O) groups excluding carboxylic acids is 3. The van der Waals surface area contributed by atoms with Crippen molar-refractivity contribution in [3.05, 3.63) is 92.3 Å². The summed E-state index contributed by atoms with van der Waals surface area (Å²) in [6.45, 7) is 2.23. The molecule has 0 unspecified atom stereocenters. The molecule has 0 aromatic heterocycles. The lowest BCUT2D eigenvalue weighted by atomic mass is 10.1. The van der Waals surface area contributed by atoms with Gasteiger partial charge in [0, 0.05) is 9.50 Å². The zero-order valence-corrected chi connectivity index (χ0v) is 22.9. The first-order valence-electron chi connectivity index (χ1n) is 11.3. The van der Waals surface area contributed by atoms with Gasteiger partial charge in [0.1, 0.15) is 13.2 Å². The van der Waals surface area contributed by atoms with Crippen LogP contribution >= 0.6 is 39.3 Å². The van der Waals surface area contributed by atoms with Crippen molar-refractivity contribution in [1.82, 2.24) is 4.90 Å². The Kier molecular flexibility index (Phi) is 8.91. The molecule has 3 amide bonds. The number of para-hydroxylation sites is 1. The van der Waals surface area contributed by atoms with E-state index in [0.29, 0.717) is 45.5 Å². The zero-order chi connectivity index (χ0) is 26.4. The van der Waals surface area contributed by atoms with Gasteiger partial charge < -0.3 is 14.8 Å². The summed E-state index contributed by atoms with van der Waals surface area (Å²) in [7, 11) is 0. The molecule has 3 aromatic carbocycles. The van der Waals surface area contributed by atoms with Gasteiger partial charge in [0.15, 0.2) is 11.5 Å². The Morgan fingerprint density at radius 2 is 1.81 bits per heavy atom. The van der Waals surface area contributed by atoms with Crippen LogP contribution in [-0.2, 0) is 16.2 Å². The second kappa shape index (κ2) is 12.3. The summed E-state index contributed by atoms with van der Waals surface area (Å²) < 4.78 is 12.4. The third kappa shape index (κ3) is 6.94. The number of nitrogens with one attached hydrogen (secondary N) is 1. The van der Waals surface area contributed by atoms with Crippen molar-refractivity contribution in [3.63, 3.8) is 0 Å². The normalized spacial score (nSPS) is 14.2. The van der Waals surface area contributed by atoms with E-state index >= 15 is 0 Å². The monoisotopic (exact) mass is 600 g/mol. The van der Waals surface area contributed by atoms with E-state index in [2.05, 4.69) is 21.2 Å². The van der Waals surface area contributed by atoms with Gasteiger partial charge in [0.25, 0.3) is 11.1 Å². The van der Waals surface area contributed by atoms with Gasteiger partial charge in [-0.3, -0.25) is 19.3 Å². The molecule has 7 nitrogen and oxygen atoms in total. The number of nitrogens with zero attached hydrogens (tertiary/aromatic N) is 1. The maximum Gasteiger partial charge on any atom is 0.294 e. The summed E-state index contributed by atoms with van der Waals surface area (Å²) in [5, 5.41) is 2.84. The summed E-state index contributed by atoms with van der Waals surface area (Å²) in [6, 6.07) is 19.7. The highest BCUT2D eigenvalue weighted by Crippen LogP contribution is 2.35. The van der Waals surface area contributed by atoms with Crippen molar-refractivity contribution >= 4 is 68.1 Å². The third-order valence-electron chi connectivity index (χ3n) is 5.20. The number of amides is 3. The molecule has 0 bridgehead atoms. The highest BCUT2D eigenvalue weighted by molar-refractivity contribution is 9.10. The van der Waals surface area contributed by atoms with Crippen LogP contribution in [0.15, 0.2) is 76.1 Å². The molecular formula is C27H22BrClN2O5S. The molecule has 0 saturated carbocycles. The molecule has 1 aliphatic rings. The molecule has 1 heterocycles. The summed E-state index contributed by atoms with van der Waals surface area (Å²) >= 11 is 10.1. The van der Waals surface area contributed by atoms with Crippen molar-refractivity contribution in [2.24, 2.45) is 0 Å². The van der Waals surface area contributed by atoms with Crippen LogP contribution in [0, 0.1) is 0 Å². The number of anilines is 1. The van der Waals surface area contributed by atoms with Crippen molar-refractivity contribution in [1.29, 1.82) is 0 Å². The molecule has 190 valence electrons. The Hall–Kier alpha value is -3.27. The predicted molar refractivity (Wildman–Crippen MR) is 149 cm³/mol. The lowest BCUT2D eigenvalue weighted by Gasteiger charge is -2.13. The number of hydrogen-bond donors (Lipinski definition) is 1. The van der Waals surface area contributed by atoms with E-state index in [1.807, 2.05) is 25.1 Å². The molecule has 3 aromatic rings. The zero-order valence-electron chi connectivity index (χ0n) is 19.7. The molecule has 0 atom stereocenters. The standard InChI is InChI=1S/C27H22BrClN2O5S/c1-2-35-23-13-18(9-12-22(23)36-16-17-7-10-19(29)11-8-17)14-24-26(33)31(27(34)37-24)15-25(32)30-21-6-4-3-5-20(21)28/h3-14H,2,15-16H2,1H3,(H,30,32)/b24-14+. The Morgan fingerprint density at radius 1 is 1.05 bits per heavy atom. The smallest absolute Gasteiger partial charge is 0.294 e. The quantitative estimate of drug-likeness (QED) is 0.273. The van der Waals surface area contributed by atoms with Crippen LogP contribution in [0.25, 0.3) is 6.08 Å². The fourth-order valence-corrected chi connectivity index (χ4v) is 4.78. The highest BCUT2D eigenvalue weighted by Gasteiger charge is 2.36. The molecule has 37 heavy (non-hydrogen) atoms. The lowest BCUT2D eigenvalue weighted by molar-refractivity contribution is -0.127. The van der Waals surface area contributed by atoms with E-state index in [4.69, 9.17) is 21.1 Å². The number of benzene rings is 3. The Morgan fingerprint density at radius 3 is 2.54 bits per heavy atom. The van der Waals surface area contributed by atoms with Crippen LogP contribution in [-0.4, -0.2) is 35.1 Å². The Bertz CT molecular complexity index is 1360. The molecule has 1 fully saturated rings. The van der Waals surface area contributed by atoms with Gasteiger partial charge >= 0.3 is 0 Å². The van der Waals surface area contributed by atoms with Crippen LogP contribution < -0.4 is 14.8 Å². The highest BCUT2D eigenvalue weighted by atomic mass is 79.9. The molecule has 0 spiro atoms. The van der Waals surface area contributed by atoms with Crippen LogP contribution in [0.5, 0.6) is 11.5 Å². The van der Waals surface area contributed by atoms with Crippen molar-refractivity contribution in [2.45, 2.75) is 13.5 Å². The van der Waals surface area contributed by atoms with Crippen molar-refractivity contribution in [2.75, 3.05) is 18.5 Å². The van der Waals surface area contributed by atoms with E-state index in [1.165, 1.54) is 0 Å². The van der Waals surface area contributed by atoms with E-state index in [9.17, 15) is 14.4 Å². The number of rotatable bonds is 9. The molecule has 0 radical (unpaired) electrons. The number of imide groups is 1. The number of thioether (sulfide) groups is 1. The Labute approximate surface area is 231 Å². The van der Waals surface area contributed by atoms with E-state index in [0.717, 1.165) is 22.2 Å². The summed E-state index contributed by atoms with van der Waals surface area (Å²) in [5.41, 5.74) is 2.16. The van der Waals surface area contributed by atoms with E-state index in [1.54, 1.807) is 54.6 Å². The van der Waals surface area contributed by atoms with Gasteiger partial charge in [-0.25, -0.2) is 0 Å². The maximum atomic E-state index is 12.9. The fourth-order valence-electron chi connectivity index (χ4n) is 3.43. The fraction of sp³-hybridized carbons (Fsp3) is 0.148. The molecule has 10 heteroatoms. The minimum Gasteiger partial charge on any atom is -0.490 e. The summed E-state index contributed by atoms with van der Waals surface area (Å²) in [4.78, 5) is 39.0. The van der Waals surface area contributed by atoms with E-state index < -0.39 is 17.1 Å². The van der Waals surface area contributed by atoms with Gasteiger partial charge in [0.05, 0.1) is 17.2 Å². The SMILES string of the molecule is CCOc1cc(/C=C2/SC(=O)N(CC(=O)Nc3ccccc3Br)C2=O)ccc1OCc1ccc(Cl)cc1. The van der Waals surface area contributed by atoms with Crippen LogP contribution in [0.4, 0.5) is 10.5 Å². The van der Waals surface area contributed by atoms with E-state index in [-0.39, 0.29) is 11.4 Å². The van der Waals surface area contributed by atoms with Crippen molar-refractivity contribution in [3.8, 4) is 11.5 Å². The van der Waals surface area contributed by atoms with Crippen LogP contribution in [0.2, 0.25) is 5.02 Å². The van der Waals surface area contributed by atoms with Crippen molar-refractivity contribution < 1.29 is 23.9 Å². The molecule has 1 saturated heterocycles. The van der Waals surface area contributed by atoms with Crippen LogP contribution in [0.3, 0.4) is 0 Å². The van der Waals surface area contributed by atoms with Crippen LogP contribution in [0.1, 0.15) is 18.1 Å². The van der Waals surface area contributed by atoms with Gasteiger partial charge in [-0.15, -0.1) is 0 Å². The second-order valence-corrected chi connectivity index (χ2v) is 10.1. The maximum absolute atomic E-state index is 12.9. The molecule has 4 rings (SSSR count). The summed E-state index contributed by atoms with van der Waals surface area (Å²) in [6.07, 6.45) is 1.60. The minimum atomic E-state index is -0.529. The number of carbonyl (C=O) groups is 3. The minimum absolute atomic E-state index is 0.218. The molecular weight excluding hydrogens is 580 g/mol. The number of hydrogen-bond acceptors (Lipinski definition) is 6. The number of halogens is 2. The molecule has 0 aliphatic carbocycles. The molecule has 1 N–H and O–H groups in total. The molecule has 1 aliphatic heterocycles. The average molecular weight is 602 g/mol. The third-order valence-corrected chi connectivity index (χ3v) is 7.05. The first-order valence-corrected chi connectivity index (χ1v) is 13.3. The Balaban J connectivity index is 1.45. The average Bonchev–Trinajstić information content (AvgIpc) is 3.13. The lowest BCUT2D eigenvalue weighted by Crippen LogP contribution is -2.36. The first kappa shape index (κ1) is 26.8. The van der Waals surface area contributed by atoms with Gasteiger partial charge in [-0.05, 0) is 88.2 Å². The van der Waals surface area contributed by atoms with Gasteiger partial charge in [-0.2, -0.15) is 0 Å². The second-order valence-electron chi connectivity index (χ2n) is 7.85. The summed E-state index contributed by atoms with van der Waals surface area (Å²) in [5.74, 6) is 0.0534. The number of ether oxygens (including phenoxy) is 2. The first-order chi connectivity index (χ1) is 17.8. The largest absolute Gasteiger partial charge is 0.490 e. The predicted octanol–water partition coefficient (Wildman–Crippen LogP) is 6.76. The van der Waals surface area contributed by atoms with Gasteiger partial charge in [0.2, 0.25) is 5.91 Å². The van der Waals surface area contributed by atoms with Gasteiger partial charge in [-0.1, -0.05) is 41.9 Å².